The second-order valence-electron chi connectivity index (χ2n) is 5.86. The minimum Gasteiger partial charge on any atom is -0.467 e. The Kier molecular flexibility index (Phi) is 4.40. The van der Waals surface area contributed by atoms with Crippen LogP contribution in [-0.2, 0) is 4.79 Å². The molecule has 0 amide bonds. The van der Waals surface area contributed by atoms with Gasteiger partial charge in [0, 0.05) is 17.1 Å². The molecule has 0 saturated carbocycles. The van der Waals surface area contributed by atoms with Crippen LogP contribution in [0, 0.1) is 12.3 Å². The zero-order chi connectivity index (χ0) is 16.7. The third-order valence-corrected chi connectivity index (χ3v) is 8.47. The number of aryl methyl sites for hydroxylation is 1. The average Bonchev–Trinajstić information content (AvgIpc) is 3.21. The van der Waals surface area contributed by atoms with E-state index in [1.807, 2.05) is 50.4 Å². The fourth-order valence-corrected chi connectivity index (χ4v) is 6.90. The van der Waals surface area contributed by atoms with Crippen molar-refractivity contribution in [3.05, 3.63) is 29.8 Å². The highest BCUT2D eigenvalue weighted by Gasteiger charge is 2.60. The van der Waals surface area contributed by atoms with Crippen molar-refractivity contribution in [3.8, 4) is 5.95 Å². The zero-order valence-corrected chi connectivity index (χ0v) is 15.5. The van der Waals surface area contributed by atoms with Crippen molar-refractivity contribution < 1.29 is 13.9 Å². The number of thioether (sulfide) groups is 2. The normalized spacial score (nSPS) is 26.2. The molecule has 2 aliphatic rings. The summed E-state index contributed by atoms with van der Waals surface area (Å²) in [5.41, 5.74) is 0.944. The molecule has 1 spiro atoms. The second-order valence-corrected chi connectivity index (χ2v) is 8.90. The maximum Gasteiger partial charge on any atom is 0.308 e. The first kappa shape index (κ1) is 16.7. The number of carbonyl (C=O) groups excluding carboxylic acids is 1. The van der Waals surface area contributed by atoms with E-state index >= 15 is 0 Å². The molecule has 1 aromatic rings. The first-order chi connectivity index (χ1) is 11.0. The minimum atomic E-state index is -0.645. The maximum absolute atomic E-state index is 13.0. The number of carbonyl (C=O) groups is 1. The van der Waals surface area contributed by atoms with Gasteiger partial charge in [-0.2, -0.15) is 0 Å². The number of allylic oxidation sites excluding steroid dienone is 4. The molecule has 0 N–H and O–H groups in total. The van der Waals surface area contributed by atoms with Gasteiger partial charge in [0.15, 0.2) is 5.78 Å². The van der Waals surface area contributed by atoms with Gasteiger partial charge < -0.3 is 9.15 Å². The molecule has 3 rings (SSSR count). The summed E-state index contributed by atoms with van der Waals surface area (Å²) < 4.78 is 10.8. The fourth-order valence-electron chi connectivity index (χ4n) is 3.34. The highest BCUT2D eigenvalue weighted by molar-refractivity contribution is 8.21. The molecule has 23 heavy (non-hydrogen) atoms. The molecule has 1 aromatic heterocycles. The number of aromatic nitrogens is 1. The van der Waals surface area contributed by atoms with E-state index in [9.17, 15) is 4.79 Å². The monoisotopic (exact) mass is 351 g/mol. The molecule has 124 valence electrons. The van der Waals surface area contributed by atoms with E-state index in [2.05, 4.69) is 11.1 Å². The molecule has 1 atom stereocenters. The lowest BCUT2D eigenvalue weighted by Gasteiger charge is -2.39. The number of rotatable bonds is 4. The van der Waals surface area contributed by atoms with E-state index in [1.165, 1.54) is 0 Å². The van der Waals surface area contributed by atoms with Crippen LogP contribution in [0.5, 0.6) is 5.95 Å². The largest absolute Gasteiger partial charge is 0.467 e. The van der Waals surface area contributed by atoms with Crippen molar-refractivity contribution >= 4 is 34.9 Å². The van der Waals surface area contributed by atoms with Crippen LogP contribution in [0.2, 0.25) is 0 Å². The van der Waals surface area contributed by atoms with Crippen molar-refractivity contribution in [2.75, 3.05) is 18.6 Å². The minimum absolute atomic E-state index is 0.112. The first-order valence-corrected chi connectivity index (χ1v) is 9.63. The van der Waals surface area contributed by atoms with E-state index in [-0.39, 0.29) is 9.86 Å². The lowest BCUT2D eigenvalue weighted by molar-refractivity contribution is -0.120. The molecule has 6 heteroatoms. The van der Waals surface area contributed by atoms with Crippen LogP contribution in [0.3, 0.4) is 0 Å². The number of nitrogens with zero attached hydrogens (tertiary/aromatic N) is 1. The SMILES string of the molecule is C/C=C\C(=O)C1(C)C(c2nc(C)c(OC)o2)=CCC12SCCS2. The Bertz CT molecular complexity index is 686. The van der Waals surface area contributed by atoms with Crippen molar-refractivity contribution in [1.29, 1.82) is 0 Å². The summed E-state index contributed by atoms with van der Waals surface area (Å²) in [5, 5.41) is 0. The van der Waals surface area contributed by atoms with Crippen molar-refractivity contribution in [3.63, 3.8) is 0 Å². The average molecular weight is 351 g/mol. The number of ketones is 1. The number of methoxy groups -OCH3 is 1. The smallest absolute Gasteiger partial charge is 0.308 e. The summed E-state index contributed by atoms with van der Waals surface area (Å²) in [6.45, 7) is 5.76. The Morgan fingerprint density at radius 3 is 2.70 bits per heavy atom. The lowest BCUT2D eigenvalue weighted by atomic mass is 9.77. The van der Waals surface area contributed by atoms with Crippen molar-refractivity contribution in [2.24, 2.45) is 5.41 Å². The summed E-state index contributed by atoms with van der Waals surface area (Å²) in [6, 6.07) is 0. The van der Waals surface area contributed by atoms with Gasteiger partial charge in [0.2, 0.25) is 5.89 Å². The molecule has 1 unspecified atom stereocenters. The number of hydrogen-bond acceptors (Lipinski definition) is 6. The van der Waals surface area contributed by atoms with Crippen LogP contribution in [0.4, 0.5) is 0 Å². The molecule has 0 bridgehead atoms. The van der Waals surface area contributed by atoms with Gasteiger partial charge in [0.25, 0.3) is 0 Å². The van der Waals surface area contributed by atoms with Gasteiger partial charge in [-0.05, 0) is 33.3 Å². The van der Waals surface area contributed by atoms with Crippen LogP contribution in [0.15, 0.2) is 22.6 Å². The Morgan fingerprint density at radius 1 is 1.43 bits per heavy atom. The summed E-state index contributed by atoms with van der Waals surface area (Å²) in [6.07, 6.45) is 6.45. The second kappa shape index (κ2) is 6.06. The van der Waals surface area contributed by atoms with Crippen LogP contribution in [0.1, 0.15) is 31.9 Å². The molecule has 0 aromatic carbocycles. The third kappa shape index (κ3) is 2.38. The van der Waals surface area contributed by atoms with Crippen molar-refractivity contribution in [2.45, 2.75) is 31.3 Å². The van der Waals surface area contributed by atoms with Gasteiger partial charge in [-0.3, -0.25) is 4.79 Å². The van der Waals surface area contributed by atoms with Gasteiger partial charge >= 0.3 is 5.95 Å². The third-order valence-electron chi connectivity index (χ3n) is 4.61. The van der Waals surface area contributed by atoms with Gasteiger partial charge in [-0.15, -0.1) is 23.5 Å². The van der Waals surface area contributed by atoms with Crippen LogP contribution in [-0.4, -0.2) is 33.5 Å². The maximum atomic E-state index is 13.0. The standard InChI is InChI=1S/C17H21NO3S2/c1-5-6-13(19)16(3)12(7-8-17(16)22-9-10-23-17)14-18-11(2)15(20-4)21-14/h5-7H,8-10H2,1-4H3/b6-5-. The number of ether oxygens (including phenoxy) is 1. The molecule has 2 heterocycles. The van der Waals surface area contributed by atoms with Gasteiger partial charge in [0.05, 0.1) is 16.6 Å². The fraction of sp³-hybridized carbons (Fsp3) is 0.529. The van der Waals surface area contributed by atoms with Crippen LogP contribution >= 0.6 is 23.5 Å². The Hall–Kier alpha value is -1.14. The van der Waals surface area contributed by atoms with Gasteiger partial charge in [-0.1, -0.05) is 12.2 Å². The number of hydrogen-bond donors (Lipinski definition) is 0. The zero-order valence-electron chi connectivity index (χ0n) is 13.8. The molecule has 1 saturated heterocycles. The van der Waals surface area contributed by atoms with Crippen molar-refractivity contribution in [1.82, 2.24) is 4.98 Å². The van der Waals surface area contributed by atoms with E-state index < -0.39 is 5.41 Å². The first-order valence-electron chi connectivity index (χ1n) is 7.66. The van der Waals surface area contributed by atoms with E-state index in [0.717, 1.165) is 23.5 Å². The Labute approximate surface area is 145 Å². The predicted octanol–water partition coefficient (Wildman–Crippen LogP) is 4.11. The highest BCUT2D eigenvalue weighted by Crippen LogP contribution is 2.65. The predicted molar refractivity (Wildman–Crippen MR) is 96.0 cm³/mol. The molecule has 1 aliphatic heterocycles. The van der Waals surface area contributed by atoms with E-state index in [0.29, 0.717) is 17.5 Å². The van der Waals surface area contributed by atoms with Gasteiger partial charge in [0.1, 0.15) is 5.69 Å². The van der Waals surface area contributed by atoms with E-state index in [1.54, 1.807) is 13.2 Å². The lowest BCUT2D eigenvalue weighted by Crippen LogP contribution is -2.42. The molecular weight excluding hydrogens is 330 g/mol. The quantitative estimate of drug-likeness (QED) is 0.761. The Balaban J connectivity index is 2.09. The van der Waals surface area contributed by atoms with Gasteiger partial charge in [-0.25, -0.2) is 4.98 Å². The molecule has 4 nitrogen and oxygen atoms in total. The molecule has 0 radical (unpaired) electrons. The van der Waals surface area contributed by atoms with E-state index in [4.69, 9.17) is 9.15 Å². The molecule has 1 aliphatic carbocycles. The summed E-state index contributed by atoms with van der Waals surface area (Å²) >= 11 is 3.77. The van der Waals surface area contributed by atoms with Crippen LogP contribution < -0.4 is 4.74 Å². The molecular formula is C17H21NO3S2. The highest BCUT2D eigenvalue weighted by atomic mass is 32.2. The topological polar surface area (TPSA) is 52.3 Å². The molecule has 1 fully saturated rings. The number of oxazole rings is 1. The summed E-state index contributed by atoms with van der Waals surface area (Å²) in [5.74, 6) is 3.16. The summed E-state index contributed by atoms with van der Waals surface area (Å²) in [7, 11) is 1.56. The Morgan fingerprint density at radius 2 is 2.13 bits per heavy atom. The van der Waals surface area contributed by atoms with Crippen LogP contribution in [0.25, 0.3) is 5.57 Å². The summed E-state index contributed by atoms with van der Waals surface area (Å²) in [4.78, 5) is 17.5.